The maximum atomic E-state index is 13.0. The van der Waals surface area contributed by atoms with Crippen LogP contribution < -0.4 is 5.32 Å². The number of nitrogens with zero attached hydrogens (tertiary/aromatic N) is 3. The molecule has 0 amide bonds. The van der Waals surface area contributed by atoms with Gasteiger partial charge in [0.15, 0.2) is 0 Å². The van der Waals surface area contributed by atoms with Crippen molar-refractivity contribution in [2.45, 2.75) is 52.5 Å². The van der Waals surface area contributed by atoms with Gasteiger partial charge in [0.25, 0.3) is 5.91 Å². The molecule has 1 aliphatic rings. The van der Waals surface area contributed by atoms with Crippen LogP contribution >= 0.6 is 22.9 Å². The Labute approximate surface area is 187 Å². The Hall–Kier alpha value is -1.42. The molecule has 2 aromatic heterocycles. The summed E-state index contributed by atoms with van der Waals surface area (Å²) in [5.41, 5.74) is 0.248. The number of rotatable bonds is 5. The molecule has 0 saturated carbocycles. The number of halogens is 1. The van der Waals surface area contributed by atoms with E-state index in [1.165, 1.54) is 26.6 Å². The Morgan fingerprint density at radius 3 is 2.63 bits per heavy atom. The fraction of sp³-hybridized carbons (Fsp3) is 0.600. The van der Waals surface area contributed by atoms with Gasteiger partial charge in [-0.15, -0.1) is 11.3 Å². The van der Waals surface area contributed by atoms with Gasteiger partial charge in [-0.2, -0.15) is 9.78 Å². The molecule has 3 rings (SSSR count). The molecule has 0 bridgehead atoms. The Kier molecular flexibility index (Phi) is 6.96. The standard InChI is InChI=1S/C20H29ClN4O3S2/c1-20(2,3)19(26)25-18(22-13-15-7-8-17(21)29-15)12-16(23-25)14-6-5-10-24(11-9-14)30(4,27)28/h7-8,12,14,22H,5-6,9-11,13H2,1-4H3. The van der Waals surface area contributed by atoms with E-state index in [2.05, 4.69) is 10.4 Å². The summed E-state index contributed by atoms with van der Waals surface area (Å²) in [6, 6.07) is 5.74. The zero-order chi connectivity index (χ0) is 22.1. The fourth-order valence-electron chi connectivity index (χ4n) is 3.52. The molecule has 1 saturated heterocycles. The summed E-state index contributed by atoms with van der Waals surface area (Å²) in [6.07, 6.45) is 3.55. The number of aromatic nitrogens is 2. The lowest BCUT2D eigenvalue weighted by Crippen LogP contribution is -2.30. The molecule has 30 heavy (non-hydrogen) atoms. The van der Waals surface area contributed by atoms with Gasteiger partial charge in [0, 0.05) is 35.4 Å². The summed E-state index contributed by atoms with van der Waals surface area (Å²) in [5, 5.41) is 7.99. The molecule has 1 atom stereocenters. The first-order valence-corrected chi connectivity index (χ1v) is 13.1. The van der Waals surface area contributed by atoms with Gasteiger partial charge in [0.05, 0.1) is 22.8 Å². The van der Waals surface area contributed by atoms with Crippen molar-refractivity contribution in [3.8, 4) is 0 Å². The summed E-state index contributed by atoms with van der Waals surface area (Å²) in [5.74, 6) is 0.674. The molecule has 0 spiro atoms. The van der Waals surface area contributed by atoms with E-state index >= 15 is 0 Å². The first kappa shape index (κ1) is 23.2. The average molecular weight is 473 g/mol. The molecule has 0 radical (unpaired) electrons. The van der Waals surface area contributed by atoms with Gasteiger partial charge in [-0.1, -0.05) is 32.4 Å². The highest BCUT2D eigenvalue weighted by molar-refractivity contribution is 7.88. The number of carbonyl (C=O) groups is 1. The summed E-state index contributed by atoms with van der Waals surface area (Å²) >= 11 is 7.51. The van der Waals surface area contributed by atoms with E-state index < -0.39 is 15.4 Å². The Balaban J connectivity index is 1.84. The predicted octanol–water partition coefficient (Wildman–Crippen LogP) is 4.43. The smallest absolute Gasteiger partial charge is 0.254 e. The van der Waals surface area contributed by atoms with Crippen LogP contribution in [-0.2, 0) is 16.6 Å². The van der Waals surface area contributed by atoms with Crippen molar-refractivity contribution in [1.29, 1.82) is 0 Å². The third kappa shape index (κ3) is 5.63. The number of anilines is 1. The lowest BCUT2D eigenvalue weighted by atomic mass is 9.96. The largest absolute Gasteiger partial charge is 0.365 e. The molecule has 10 heteroatoms. The SMILES string of the molecule is CC(C)(C)C(=O)n1nc(C2CCCN(S(C)(=O)=O)CC2)cc1NCc1ccc(Cl)s1. The highest BCUT2D eigenvalue weighted by Gasteiger charge is 2.30. The molecule has 1 unspecified atom stereocenters. The quantitative estimate of drug-likeness (QED) is 0.696. The monoisotopic (exact) mass is 472 g/mol. The van der Waals surface area contributed by atoms with Crippen LogP contribution in [0.1, 0.15) is 61.3 Å². The third-order valence-corrected chi connectivity index (χ3v) is 7.74. The Bertz CT molecular complexity index is 1010. The third-order valence-electron chi connectivity index (χ3n) is 5.21. The van der Waals surface area contributed by atoms with Crippen LogP contribution in [0.4, 0.5) is 5.82 Å². The molecular formula is C20H29ClN4O3S2. The molecule has 1 N–H and O–H groups in total. The zero-order valence-corrected chi connectivity index (χ0v) is 20.2. The molecule has 1 aliphatic heterocycles. The molecule has 3 heterocycles. The van der Waals surface area contributed by atoms with Gasteiger partial charge in [-0.05, 0) is 31.4 Å². The summed E-state index contributed by atoms with van der Waals surface area (Å²) in [6.45, 7) is 7.16. The van der Waals surface area contributed by atoms with E-state index in [0.717, 1.165) is 27.7 Å². The number of thiophene rings is 1. The number of nitrogens with one attached hydrogen (secondary N) is 1. The first-order chi connectivity index (χ1) is 13.9. The van der Waals surface area contributed by atoms with Crippen LogP contribution in [0.3, 0.4) is 0 Å². The highest BCUT2D eigenvalue weighted by atomic mass is 35.5. The Morgan fingerprint density at radius 2 is 2.03 bits per heavy atom. The average Bonchev–Trinajstić information content (AvgIpc) is 3.15. The number of carbonyl (C=O) groups excluding carboxylic acids is 1. The number of hydrogen-bond acceptors (Lipinski definition) is 6. The van der Waals surface area contributed by atoms with Gasteiger partial charge in [0.2, 0.25) is 10.0 Å². The van der Waals surface area contributed by atoms with Crippen molar-refractivity contribution in [2.75, 3.05) is 24.7 Å². The van der Waals surface area contributed by atoms with Crippen LogP contribution in [0.2, 0.25) is 4.34 Å². The van der Waals surface area contributed by atoms with Crippen molar-refractivity contribution < 1.29 is 13.2 Å². The lowest BCUT2D eigenvalue weighted by Gasteiger charge is -2.18. The minimum Gasteiger partial charge on any atom is -0.365 e. The van der Waals surface area contributed by atoms with Crippen LogP contribution in [0.25, 0.3) is 0 Å². The number of hydrogen-bond donors (Lipinski definition) is 1. The van der Waals surface area contributed by atoms with Gasteiger partial charge in [-0.3, -0.25) is 4.79 Å². The van der Waals surface area contributed by atoms with Crippen molar-refractivity contribution >= 4 is 44.7 Å². The van der Waals surface area contributed by atoms with Crippen molar-refractivity contribution in [3.05, 3.63) is 33.1 Å². The molecule has 0 aromatic carbocycles. The van der Waals surface area contributed by atoms with Crippen LogP contribution in [0.15, 0.2) is 18.2 Å². The molecule has 0 aliphatic carbocycles. The predicted molar refractivity (Wildman–Crippen MR) is 122 cm³/mol. The van der Waals surface area contributed by atoms with Crippen molar-refractivity contribution in [2.24, 2.45) is 5.41 Å². The van der Waals surface area contributed by atoms with Gasteiger partial charge in [0.1, 0.15) is 5.82 Å². The summed E-state index contributed by atoms with van der Waals surface area (Å²) in [7, 11) is -3.20. The van der Waals surface area contributed by atoms with Crippen LogP contribution in [0, 0.1) is 5.41 Å². The molecule has 1 fully saturated rings. The highest BCUT2D eigenvalue weighted by Crippen LogP contribution is 2.31. The second-order valence-electron chi connectivity index (χ2n) is 8.77. The van der Waals surface area contributed by atoms with Crippen LogP contribution in [0.5, 0.6) is 0 Å². The lowest BCUT2D eigenvalue weighted by molar-refractivity contribution is 0.0751. The van der Waals surface area contributed by atoms with Crippen LogP contribution in [-0.4, -0.2) is 47.8 Å². The zero-order valence-electron chi connectivity index (χ0n) is 17.8. The Morgan fingerprint density at radius 1 is 1.30 bits per heavy atom. The van der Waals surface area contributed by atoms with Crippen molar-refractivity contribution in [1.82, 2.24) is 14.1 Å². The minimum absolute atomic E-state index is 0.0909. The van der Waals surface area contributed by atoms with E-state index in [0.29, 0.717) is 31.9 Å². The van der Waals surface area contributed by atoms with E-state index in [-0.39, 0.29) is 11.8 Å². The number of sulfonamides is 1. The maximum Gasteiger partial charge on any atom is 0.254 e. The maximum absolute atomic E-state index is 13.0. The summed E-state index contributed by atoms with van der Waals surface area (Å²) in [4.78, 5) is 14.1. The molecule has 166 valence electrons. The molecular weight excluding hydrogens is 444 g/mol. The van der Waals surface area contributed by atoms with Gasteiger partial charge >= 0.3 is 0 Å². The van der Waals surface area contributed by atoms with E-state index in [1.807, 2.05) is 39.0 Å². The minimum atomic E-state index is -3.20. The van der Waals surface area contributed by atoms with E-state index in [9.17, 15) is 13.2 Å². The molecule has 7 nitrogen and oxygen atoms in total. The fourth-order valence-corrected chi connectivity index (χ4v) is 5.44. The van der Waals surface area contributed by atoms with Gasteiger partial charge < -0.3 is 5.32 Å². The second kappa shape index (κ2) is 8.98. The second-order valence-corrected chi connectivity index (χ2v) is 12.6. The molecule has 2 aromatic rings. The van der Waals surface area contributed by atoms with Gasteiger partial charge in [-0.25, -0.2) is 12.7 Å². The summed E-state index contributed by atoms with van der Waals surface area (Å²) < 4.78 is 27.5. The normalized spacial score (nSPS) is 18.9. The van der Waals surface area contributed by atoms with E-state index in [1.54, 1.807) is 0 Å². The van der Waals surface area contributed by atoms with Crippen molar-refractivity contribution in [3.63, 3.8) is 0 Å². The topological polar surface area (TPSA) is 84.3 Å². The first-order valence-electron chi connectivity index (χ1n) is 10.0. The van der Waals surface area contributed by atoms with E-state index in [4.69, 9.17) is 11.6 Å².